The van der Waals surface area contributed by atoms with Gasteiger partial charge in [-0.15, -0.1) is 0 Å². The standard InChI is InChI=1S/C5H10ClNO/c1-3-4-7(6)5(2)8/h3-4H2,1-2H3. The zero-order chi connectivity index (χ0) is 6.57. The van der Waals surface area contributed by atoms with E-state index < -0.39 is 0 Å². The first kappa shape index (κ1) is 7.76. The predicted molar refractivity (Wildman–Crippen MR) is 33.5 cm³/mol. The first-order valence-corrected chi connectivity index (χ1v) is 2.96. The Morgan fingerprint density at radius 3 is 2.38 bits per heavy atom. The number of rotatable bonds is 2. The molecule has 0 radical (unpaired) electrons. The van der Waals surface area contributed by atoms with E-state index in [0.29, 0.717) is 6.54 Å². The van der Waals surface area contributed by atoms with Crippen molar-refractivity contribution in [2.45, 2.75) is 20.3 Å². The third kappa shape index (κ3) is 2.86. The monoisotopic (exact) mass is 135 g/mol. The molecule has 0 fully saturated rings. The lowest BCUT2D eigenvalue weighted by molar-refractivity contribution is -0.124. The summed E-state index contributed by atoms with van der Waals surface area (Å²) in [5.74, 6) is -0.0893. The molecule has 3 heteroatoms. The summed E-state index contributed by atoms with van der Waals surface area (Å²) in [6.45, 7) is 4.05. The third-order valence-electron chi connectivity index (χ3n) is 0.762. The Bertz CT molecular complexity index is 84.5. The van der Waals surface area contributed by atoms with Gasteiger partial charge in [-0.05, 0) is 6.42 Å². The molecule has 8 heavy (non-hydrogen) atoms. The van der Waals surface area contributed by atoms with Gasteiger partial charge < -0.3 is 0 Å². The average molecular weight is 136 g/mol. The van der Waals surface area contributed by atoms with Gasteiger partial charge in [-0.25, -0.2) is 0 Å². The molecule has 0 aliphatic carbocycles. The Labute approximate surface area is 54.5 Å². The number of halogens is 1. The second-order valence-corrected chi connectivity index (χ2v) is 2.01. The molecule has 0 aliphatic rings. The summed E-state index contributed by atoms with van der Waals surface area (Å²) in [4.78, 5) is 10.3. The largest absolute Gasteiger partial charge is 0.274 e. The Balaban J connectivity index is 3.32. The van der Waals surface area contributed by atoms with Crippen molar-refractivity contribution in [3.05, 3.63) is 0 Å². The summed E-state index contributed by atoms with van der Waals surface area (Å²) in [5.41, 5.74) is 0. The number of hydrogen-bond acceptors (Lipinski definition) is 1. The minimum Gasteiger partial charge on any atom is -0.274 e. The smallest absolute Gasteiger partial charge is 0.233 e. The maximum absolute atomic E-state index is 10.3. The minimum atomic E-state index is -0.0893. The van der Waals surface area contributed by atoms with Gasteiger partial charge in [-0.2, -0.15) is 0 Å². The van der Waals surface area contributed by atoms with Crippen LogP contribution >= 0.6 is 11.8 Å². The van der Waals surface area contributed by atoms with Gasteiger partial charge in [0.2, 0.25) is 5.91 Å². The van der Waals surface area contributed by atoms with E-state index >= 15 is 0 Å². The van der Waals surface area contributed by atoms with Gasteiger partial charge in [0.25, 0.3) is 0 Å². The number of nitrogens with zero attached hydrogens (tertiary/aromatic N) is 1. The highest BCUT2D eigenvalue weighted by atomic mass is 35.5. The van der Waals surface area contributed by atoms with Crippen molar-refractivity contribution in [1.82, 2.24) is 4.42 Å². The van der Waals surface area contributed by atoms with Crippen molar-refractivity contribution in [2.24, 2.45) is 0 Å². The summed E-state index contributed by atoms with van der Waals surface area (Å²) in [6.07, 6.45) is 0.906. The second-order valence-electron chi connectivity index (χ2n) is 1.60. The van der Waals surface area contributed by atoms with Gasteiger partial charge in [0, 0.05) is 25.2 Å². The first-order chi connectivity index (χ1) is 3.68. The highest BCUT2D eigenvalue weighted by molar-refractivity contribution is 6.20. The summed E-state index contributed by atoms with van der Waals surface area (Å²) < 4.78 is 1.18. The SMILES string of the molecule is CCCN(Cl)C(C)=O. The number of amides is 1. The highest BCUT2D eigenvalue weighted by Crippen LogP contribution is 1.94. The van der Waals surface area contributed by atoms with Crippen molar-refractivity contribution >= 4 is 17.7 Å². The summed E-state index contributed by atoms with van der Waals surface area (Å²) in [6, 6.07) is 0. The molecule has 0 heterocycles. The van der Waals surface area contributed by atoms with Gasteiger partial charge in [0.1, 0.15) is 0 Å². The molecule has 2 nitrogen and oxygen atoms in total. The number of carbonyl (C=O) groups excluding carboxylic acids is 1. The fourth-order valence-corrected chi connectivity index (χ4v) is 0.523. The van der Waals surface area contributed by atoms with Crippen molar-refractivity contribution in [2.75, 3.05) is 6.54 Å². The van der Waals surface area contributed by atoms with E-state index in [1.165, 1.54) is 11.3 Å². The molecule has 0 rings (SSSR count). The van der Waals surface area contributed by atoms with Crippen molar-refractivity contribution in [3.8, 4) is 0 Å². The minimum absolute atomic E-state index is 0.0893. The molecule has 0 N–H and O–H groups in total. The maximum atomic E-state index is 10.3. The highest BCUT2D eigenvalue weighted by Gasteiger charge is 1.99. The van der Waals surface area contributed by atoms with Crippen LogP contribution in [0.4, 0.5) is 0 Å². The zero-order valence-electron chi connectivity index (χ0n) is 5.15. The maximum Gasteiger partial charge on any atom is 0.233 e. The van der Waals surface area contributed by atoms with Crippen LogP contribution in [0, 0.1) is 0 Å². The van der Waals surface area contributed by atoms with E-state index in [1.54, 1.807) is 0 Å². The van der Waals surface area contributed by atoms with Crippen LogP contribution in [0.1, 0.15) is 20.3 Å². The van der Waals surface area contributed by atoms with Crippen LogP contribution < -0.4 is 0 Å². The number of hydrogen-bond donors (Lipinski definition) is 0. The van der Waals surface area contributed by atoms with Crippen LogP contribution in [0.3, 0.4) is 0 Å². The fourth-order valence-electron chi connectivity index (χ4n) is 0.354. The summed E-state index contributed by atoms with van der Waals surface area (Å²) in [7, 11) is 0. The lowest BCUT2D eigenvalue weighted by atomic mass is 10.5. The lowest BCUT2D eigenvalue weighted by Gasteiger charge is -2.07. The molecule has 0 aromatic carbocycles. The molecule has 0 bridgehead atoms. The molecular weight excluding hydrogens is 126 g/mol. The normalized spacial score (nSPS) is 8.88. The molecule has 0 spiro atoms. The lowest BCUT2D eigenvalue weighted by Crippen LogP contribution is -2.18. The molecule has 0 saturated carbocycles. The van der Waals surface area contributed by atoms with E-state index in [9.17, 15) is 4.79 Å². The van der Waals surface area contributed by atoms with Gasteiger partial charge in [0.05, 0.1) is 0 Å². The molecule has 0 saturated heterocycles. The Hall–Kier alpha value is -0.240. The van der Waals surface area contributed by atoms with Crippen LogP contribution in [0.15, 0.2) is 0 Å². The van der Waals surface area contributed by atoms with Crippen molar-refractivity contribution < 1.29 is 4.79 Å². The van der Waals surface area contributed by atoms with Crippen LogP contribution in [-0.4, -0.2) is 16.9 Å². The van der Waals surface area contributed by atoms with Gasteiger partial charge in [-0.1, -0.05) is 6.92 Å². The van der Waals surface area contributed by atoms with E-state index in [1.807, 2.05) is 6.92 Å². The Morgan fingerprint density at radius 2 is 2.25 bits per heavy atom. The van der Waals surface area contributed by atoms with E-state index in [2.05, 4.69) is 0 Å². The fraction of sp³-hybridized carbons (Fsp3) is 0.800. The van der Waals surface area contributed by atoms with Crippen molar-refractivity contribution in [1.29, 1.82) is 0 Å². The van der Waals surface area contributed by atoms with Gasteiger partial charge >= 0.3 is 0 Å². The number of carbonyl (C=O) groups is 1. The zero-order valence-corrected chi connectivity index (χ0v) is 5.90. The van der Waals surface area contributed by atoms with Crippen LogP contribution in [0.5, 0.6) is 0 Å². The Kier molecular flexibility index (Phi) is 3.61. The van der Waals surface area contributed by atoms with E-state index in [4.69, 9.17) is 11.8 Å². The third-order valence-corrected chi connectivity index (χ3v) is 1.17. The summed E-state index contributed by atoms with van der Waals surface area (Å²) >= 11 is 5.40. The van der Waals surface area contributed by atoms with Crippen LogP contribution in [-0.2, 0) is 4.79 Å². The molecular formula is C5H10ClNO. The summed E-state index contributed by atoms with van der Waals surface area (Å²) in [5, 5.41) is 0. The van der Waals surface area contributed by atoms with Crippen LogP contribution in [0.2, 0.25) is 0 Å². The predicted octanol–water partition coefficient (Wildman–Crippen LogP) is 1.40. The van der Waals surface area contributed by atoms with Gasteiger partial charge in [-0.3, -0.25) is 9.21 Å². The molecule has 0 unspecified atom stereocenters. The molecule has 0 aliphatic heterocycles. The molecule has 0 aromatic rings. The topological polar surface area (TPSA) is 20.3 Å². The average Bonchev–Trinajstić information content (AvgIpc) is 1.67. The molecule has 48 valence electrons. The van der Waals surface area contributed by atoms with E-state index in [-0.39, 0.29) is 5.91 Å². The van der Waals surface area contributed by atoms with E-state index in [0.717, 1.165) is 6.42 Å². The quantitative estimate of drug-likeness (QED) is 0.524. The van der Waals surface area contributed by atoms with Gasteiger partial charge in [0.15, 0.2) is 0 Å². The molecule has 0 aromatic heterocycles. The second kappa shape index (κ2) is 3.72. The molecule has 0 atom stereocenters. The Morgan fingerprint density at radius 1 is 1.75 bits per heavy atom. The van der Waals surface area contributed by atoms with Crippen LogP contribution in [0.25, 0.3) is 0 Å². The first-order valence-electron chi connectivity index (χ1n) is 2.62. The van der Waals surface area contributed by atoms with Crippen molar-refractivity contribution in [3.63, 3.8) is 0 Å². The molecule has 1 amide bonds.